The van der Waals surface area contributed by atoms with Gasteiger partial charge in [-0.1, -0.05) is 33.6 Å². The number of nitrogens with one attached hydrogen (secondary N) is 3. The molecule has 0 aliphatic heterocycles. The van der Waals surface area contributed by atoms with E-state index in [1.54, 1.807) is 60.7 Å². The number of anilines is 1. The second kappa shape index (κ2) is 10.5. The molecule has 3 rings (SSSR count). The summed E-state index contributed by atoms with van der Waals surface area (Å²) in [7, 11) is 0. The number of aryl methyl sites for hydroxylation is 1. The predicted octanol–water partition coefficient (Wildman–Crippen LogP) is 4.17. The molecule has 0 saturated heterocycles. The second-order valence-electron chi connectivity index (χ2n) is 6.92. The van der Waals surface area contributed by atoms with E-state index in [9.17, 15) is 14.4 Å². The maximum absolute atomic E-state index is 12.3. The Balaban J connectivity index is 1.44. The van der Waals surface area contributed by atoms with Gasteiger partial charge in [0.05, 0.1) is 0 Å². The van der Waals surface area contributed by atoms with Crippen LogP contribution >= 0.6 is 15.9 Å². The summed E-state index contributed by atoms with van der Waals surface area (Å²) >= 11 is 3.33. The number of carbonyl (C=O) groups excluding carboxylic acids is 3. The Labute approximate surface area is 189 Å². The predicted molar refractivity (Wildman–Crippen MR) is 124 cm³/mol. The highest BCUT2D eigenvalue weighted by Crippen LogP contribution is 2.12. The molecule has 0 saturated carbocycles. The van der Waals surface area contributed by atoms with E-state index in [1.165, 1.54) is 0 Å². The minimum absolute atomic E-state index is 0.199. The number of amides is 3. The Morgan fingerprint density at radius 3 is 1.58 bits per heavy atom. The van der Waals surface area contributed by atoms with Gasteiger partial charge in [-0.05, 0) is 67.6 Å². The lowest BCUT2D eigenvalue weighted by atomic mass is 10.1. The van der Waals surface area contributed by atoms with Gasteiger partial charge < -0.3 is 16.0 Å². The highest BCUT2D eigenvalue weighted by molar-refractivity contribution is 9.10. The van der Waals surface area contributed by atoms with Gasteiger partial charge in [0.1, 0.15) is 0 Å². The fraction of sp³-hybridized carbons (Fsp3) is 0.125. The van der Waals surface area contributed by atoms with Gasteiger partial charge >= 0.3 is 0 Å². The Kier molecular flexibility index (Phi) is 7.56. The Morgan fingerprint density at radius 2 is 1.06 bits per heavy atom. The highest BCUT2D eigenvalue weighted by atomic mass is 79.9. The van der Waals surface area contributed by atoms with Crippen LogP contribution in [0.3, 0.4) is 0 Å². The van der Waals surface area contributed by atoms with Crippen LogP contribution in [-0.2, 0) is 0 Å². The van der Waals surface area contributed by atoms with E-state index >= 15 is 0 Å². The molecule has 7 heteroatoms. The molecule has 0 atom stereocenters. The number of carbonyl (C=O) groups is 3. The topological polar surface area (TPSA) is 87.3 Å². The first-order valence-corrected chi connectivity index (χ1v) is 10.5. The van der Waals surface area contributed by atoms with Crippen molar-refractivity contribution in [3.05, 3.63) is 99.5 Å². The molecule has 0 spiro atoms. The van der Waals surface area contributed by atoms with Crippen molar-refractivity contribution in [1.29, 1.82) is 0 Å². The van der Waals surface area contributed by atoms with Gasteiger partial charge in [0.2, 0.25) is 0 Å². The lowest BCUT2D eigenvalue weighted by Crippen LogP contribution is -2.34. The zero-order valence-electron chi connectivity index (χ0n) is 16.9. The smallest absolute Gasteiger partial charge is 0.255 e. The van der Waals surface area contributed by atoms with E-state index in [1.807, 2.05) is 19.1 Å². The molecule has 3 aromatic carbocycles. The second-order valence-corrected chi connectivity index (χ2v) is 7.83. The molecule has 0 aliphatic carbocycles. The fourth-order valence-corrected chi connectivity index (χ4v) is 3.03. The van der Waals surface area contributed by atoms with E-state index in [0.717, 1.165) is 10.0 Å². The molecule has 3 N–H and O–H groups in total. The third-order valence-corrected chi connectivity index (χ3v) is 5.05. The molecule has 0 bridgehead atoms. The quantitative estimate of drug-likeness (QED) is 0.444. The van der Waals surface area contributed by atoms with Gasteiger partial charge in [0, 0.05) is 39.9 Å². The van der Waals surface area contributed by atoms with Crippen molar-refractivity contribution in [3.8, 4) is 0 Å². The number of rotatable bonds is 7. The van der Waals surface area contributed by atoms with Gasteiger partial charge in [-0.25, -0.2) is 0 Å². The zero-order chi connectivity index (χ0) is 22.2. The van der Waals surface area contributed by atoms with E-state index < -0.39 is 0 Å². The number of halogens is 1. The first-order chi connectivity index (χ1) is 14.9. The highest BCUT2D eigenvalue weighted by Gasteiger charge is 2.09. The van der Waals surface area contributed by atoms with Crippen molar-refractivity contribution in [3.63, 3.8) is 0 Å². The number of hydrogen-bond acceptors (Lipinski definition) is 3. The minimum Gasteiger partial charge on any atom is -0.350 e. The van der Waals surface area contributed by atoms with Crippen molar-refractivity contribution in [2.24, 2.45) is 0 Å². The normalized spacial score (nSPS) is 10.3. The first-order valence-electron chi connectivity index (χ1n) is 9.72. The summed E-state index contributed by atoms with van der Waals surface area (Å²) in [5.41, 5.74) is 3.27. The minimum atomic E-state index is -0.255. The summed E-state index contributed by atoms with van der Waals surface area (Å²) in [6.45, 7) is 2.57. The summed E-state index contributed by atoms with van der Waals surface area (Å²) in [5, 5.41) is 8.32. The van der Waals surface area contributed by atoms with Gasteiger partial charge in [-0.3, -0.25) is 14.4 Å². The number of benzene rings is 3. The molecular weight excluding hydrogens is 458 g/mol. The summed E-state index contributed by atoms with van der Waals surface area (Å²) in [5.74, 6) is -0.663. The van der Waals surface area contributed by atoms with Crippen LogP contribution in [0.5, 0.6) is 0 Å². The Hall–Kier alpha value is -3.45. The maximum Gasteiger partial charge on any atom is 0.255 e. The van der Waals surface area contributed by atoms with Gasteiger partial charge in [0.15, 0.2) is 0 Å². The monoisotopic (exact) mass is 479 g/mol. The van der Waals surface area contributed by atoms with Crippen LogP contribution in [0.4, 0.5) is 5.69 Å². The van der Waals surface area contributed by atoms with Crippen LogP contribution in [0, 0.1) is 6.92 Å². The van der Waals surface area contributed by atoms with Crippen LogP contribution in [0.1, 0.15) is 36.6 Å². The molecule has 158 valence electrons. The average Bonchev–Trinajstić information content (AvgIpc) is 2.78. The molecule has 0 aliphatic rings. The van der Waals surface area contributed by atoms with E-state index in [0.29, 0.717) is 35.5 Å². The average molecular weight is 480 g/mol. The van der Waals surface area contributed by atoms with Crippen LogP contribution in [-0.4, -0.2) is 30.8 Å². The largest absolute Gasteiger partial charge is 0.350 e. The third-order valence-electron chi connectivity index (χ3n) is 4.52. The molecule has 0 fully saturated rings. The lowest BCUT2D eigenvalue weighted by molar-refractivity contribution is 0.0927. The molecule has 31 heavy (non-hydrogen) atoms. The molecule has 0 unspecified atom stereocenters. The Bertz CT molecular complexity index is 1060. The van der Waals surface area contributed by atoms with Gasteiger partial charge in [-0.15, -0.1) is 0 Å². The molecule has 6 nitrogen and oxygen atoms in total. The molecular formula is C24H22BrN3O3. The van der Waals surface area contributed by atoms with Crippen LogP contribution in [0.2, 0.25) is 0 Å². The summed E-state index contributed by atoms with van der Waals surface area (Å²) in [4.78, 5) is 36.6. The lowest BCUT2D eigenvalue weighted by Gasteiger charge is -2.09. The van der Waals surface area contributed by atoms with Gasteiger partial charge in [-0.2, -0.15) is 0 Å². The zero-order valence-corrected chi connectivity index (χ0v) is 18.5. The van der Waals surface area contributed by atoms with E-state index in [2.05, 4.69) is 31.9 Å². The summed E-state index contributed by atoms with van der Waals surface area (Å²) < 4.78 is 0.900. The first kappa shape index (κ1) is 22.2. The van der Waals surface area contributed by atoms with Crippen molar-refractivity contribution in [2.45, 2.75) is 6.92 Å². The van der Waals surface area contributed by atoms with Crippen molar-refractivity contribution in [2.75, 3.05) is 18.4 Å². The SMILES string of the molecule is Cc1ccc(C(=O)Nc2ccc(C(=O)NCCNC(=O)c3ccc(Br)cc3)cc2)cc1. The molecule has 0 heterocycles. The van der Waals surface area contributed by atoms with Crippen LogP contribution in [0.25, 0.3) is 0 Å². The van der Waals surface area contributed by atoms with Crippen molar-refractivity contribution >= 4 is 39.3 Å². The Morgan fingerprint density at radius 1 is 0.645 bits per heavy atom. The molecule has 3 amide bonds. The van der Waals surface area contributed by atoms with E-state index in [4.69, 9.17) is 0 Å². The van der Waals surface area contributed by atoms with E-state index in [-0.39, 0.29) is 17.7 Å². The van der Waals surface area contributed by atoms with Crippen LogP contribution in [0.15, 0.2) is 77.3 Å². The van der Waals surface area contributed by atoms with Crippen LogP contribution < -0.4 is 16.0 Å². The van der Waals surface area contributed by atoms with Gasteiger partial charge in [0.25, 0.3) is 17.7 Å². The number of hydrogen-bond donors (Lipinski definition) is 3. The fourth-order valence-electron chi connectivity index (χ4n) is 2.77. The van der Waals surface area contributed by atoms with Crippen molar-refractivity contribution in [1.82, 2.24) is 10.6 Å². The molecule has 3 aromatic rings. The summed E-state index contributed by atoms with van der Waals surface area (Å²) in [6, 6.07) is 21.0. The molecule has 0 aromatic heterocycles. The standard InChI is InChI=1S/C24H22BrN3O3/c1-16-2-4-19(5-3-16)24(31)28-21-12-8-18(9-13-21)23(30)27-15-14-26-22(29)17-6-10-20(25)11-7-17/h2-13H,14-15H2,1H3,(H,26,29)(H,27,30)(H,28,31). The maximum atomic E-state index is 12.3. The molecule has 0 radical (unpaired) electrons. The third kappa shape index (κ3) is 6.52. The van der Waals surface area contributed by atoms with Crippen molar-refractivity contribution < 1.29 is 14.4 Å². The summed E-state index contributed by atoms with van der Waals surface area (Å²) in [6.07, 6.45) is 0.